The first-order valence-corrected chi connectivity index (χ1v) is 24.8. The molecule has 0 bridgehead atoms. The summed E-state index contributed by atoms with van der Waals surface area (Å²) in [5, 5.41) is 12.3. The number of alkyl halides is 1. The zero-order chi connectivity index (χ0) is 49.6. The molecule has 5 aromatic rings. The number of nitrogens with zero attached hydrogens (tertiary/aromatic N) is 9. The minimum absolute atomic E-state index is 0.0250. The molecule has 5 aliphatic heterocycles. The van der Waals surface area contributed by atoms with Crippen molar-refractivity contribution in [1.29, 1.82) is 5.26 Å². The first-order valence-electron chi connectivity index (χ1n) is 23.3. The molecular formula is C48H47F2N11O9S. The van der Waals surface area contributed by atoms with E-state index < -0.39 is 68.7 Å². The van der Waals surface area contributed by atoms with Crippen LogP contribution in [0.25, 0.3) is 16.6 Å². The second kappa shape index (κ2) is 19.4. The van der Waals surface area contributed by atoms with Crippen molar-refractivity contribution < 1.29 is 45.9 Å². The van der Waals surface area contributed by atoms with E-state index >= 15 is 4.39 Å². The van der Waals surface area contributed by atoms with E-state index in [4.69, 9.17) is 9.47 Å². The van der Waals surface area contributed by atoms with E-state index in [1.54, 1.807) is 18.2 Å². The SMILES string of the molecule is N#Cc1c(NS(=O)(=O)N2CC[C@@H](F)C2)ccc(F)c1Oc1ccc2ncn(-c3cnc(N4CCC(COCC5CCN(c6ccc7c(c6)C(=O)N(C6CCC(=O)NC6=O)C7=O)CC5)CC4)nc3)c(=O)c2c1. The molecule has 23 heteroatoms. The molecule has 2 aromatic heterocycles. The Morgan fingerprint density at radius 1 is 0.803 bits per heavy atom. The minimum Gasteiger partial charge on any atom is -0.453 e. The van der Waals surface area contributed by atoms with Crippen molar-refractivity contribution >= 4 is 62.1 Å². The molecule has 4 amide bonds. The molecule has 0 aliphatic carbocycles. The molecule has 7 heterocycles. The Labute approximate surface area is 405 Å². The Morgan fingerprint density at radius 3 is 2.18 bits per heavy atom. The summed E-state index contributed by atoms with van der Waals surface area (Å²) in [6.07, 6.45) is 6.82. The number of nitriles is 1. The van der Waals surface area contributed by atoms with Gasteiger partial charge in [-0.2, -0.15) is 18.0 Å². The average molecular weight is 992 g/mol. The number of aromatic nitrogens is 4. The molecule has 0 saturated carbocycles. The van der Waals surface area contributed by atoms with Crippen molar-refractivity contribution in [3.8, 4) is 23.3 Å². The van der Waals surface area contributed by atoms with Crippen LogP contribution in [0.2, 0.25) is 0 Å². The number of fused-ring (bicyclic) bond motifs is 2. The van der Waals surface area contributed by atoms with Crippen LogP contribution in [0.3, 0.4) is 0 Å². The number of carbonyl (C=O) groups excluding carboxylic acids is 4. The van der Waals surface area contributed by atoms with Gasteiger partial charge in [-0.15, -0.1) is 0 Å². The lowest BCUT2D eigenvalue weighted by molar-refractivity contribution is -0.136. The topological polar surface area (TPSA) is 242 Å². The standard InChI is InChI=1S/C48H47F2N11O9S/c49-30-13-18-59(24-30)71(67,68)56-40-6-4-38(50)43(37(40)21-51)70-33-2-5-39-36(20-33)45(64)60(27-54-39)32-22-52-48(53-23-32)58-16-11-29(12-17-58)26-69-25-28-9-14-57(15-10-28)31-1-3-34-35(19-31)47(66)61(46(34)65)41-7-8-42(62)55-44(41)63/h1-6,19-20,22-23,27-30,41,56H,7-18,24-26H2,(H,55,62,63)/t30-,41?/m1/s1. The third-order valence-electron chi connectivity index (χ3n) is 13.8. The van der Waals surface area contributed by atoms with Crippen molar-refractivity contribution in [2.75, 3.05) is 67.0 Å². The van der Waals surface area contributed by atoms with Crippen LogP contribution in [0.1, 0.15) is 71.2 Å². The average Bonchev–Trinajstić information content (AvgIpc) is 3.93. The normalized spacial score (nSPS) is 20.4. The van der Waals surface area contributed by atoms with Gasteiger partial charge in [-0.3, -0.25) is 43.5 Å². The Kier molecular flexibility index (Phi) is 12.9. The highest BCUT2D eigenvalue weighted by Gasteiger charge is 2.45. The summed E-state index contributed by atoms with van der Waals surface area (Å²) in [4.78, 5) is 83.1. The summed E-state index contributed by atoms with van der Waals surface area (Å²) in [6.45, 7) is 3.82. The van der Waals surface area contributed by atoms with E-state index in [1.165, 1.54) is 41.5 Å². The first kappa shape index (κ1) is 47.3. The molecule has 71 heavy (non-hydrogen) atoms. The molecule has 10 rings (SSSR count). The summed E-state index contributed by atoms with van der Waals surface area (Å²) in [5.41, 5.74) is 0.805. The number of benzene rings is 3. The van der Waals surface area contributed by atoms with E-state index in [2.05, 4.69) is 34.8 Å². The number of hydrogen-bond donors (Lipinski definition) is 2. The number of halogens is 2. The van der Waals surface area contributed by atoms with Gasteiger partial charge in [0.25, 0.3) is 17.4 Å². The van der Waals surface area contributed by atoms with Crippen LogP contribution in [0.15, 0.2) is 72.0 Å². The molecule has 4 fully saturated rings. The van der Waals surface area contributed by atoms with E-state index in [-0.39, 0.29) is 60.3 Å². The fourth-order valence-electron chi connectivity index (χ4n) is 9.75. The second-order valence-corrected chi connectivity index (χ2v) is 20.0. The second-order valence-electron chi connectivity index (χ2n) is 18.3. The Bertz CT molecular complexity index is 3170. The number of carbonyl (C=O) groups is 4. The molecular weight excluding hydrogens is 945 g/mol. The number of hydrogen-bond acceptors (Lipinski definition) is 15. The molecule has 20 nitrogen and oxygen atoms in total. The number of ether oxygens (including phenoxy) is 2. The Balaban J connectivity index is 0.702. The maximum atomic E-state index is 15.2. The number of imide groups is 2. The smallest absolute Gasteiger partial charge is 0.301 e. The van der Waals surface area contributed by atoms with Gasteiger partial charge in [0.1, 0.15) is 35.9 Å². The van der Waals surface area contributed by atoms with Crippen LogP contribution in [0.4, 0.5) is 26.1 Å². The first-order chi connectivity index (χ1) is 34.2. The lowest BCUT2D eigenvalue weighted by atomic mass is 9.96. The van der Waals surface area contributed by atoms with Crippen LogP contribution in [-0.2, 0) is 24.5 Å². The highest BCUT2D eigenvalue weighted by atomic mass is 32.2. The van der Waals surface area contributed by atoms with Crippen LogP contribution in [-0.4, -0.2) is 125 Å². The summed E-state index contributed by atoms with van der Waals surface area (Å²) < 4.78 is 71.2. The van der Waals surface area contributed by atoms with Gasteiger partial charge >= 0.3 is 10.2 Å². The van der Waals surface area contributed by atoms with Gasteiger partial charge in [-0.1, -0.05) is 0 Å². The molecule has 2 atom stereocenters. The van der Waals surface area contributed by atoms with Crippen molar-refractivity contribution in [3.05, 3.63) is 100 Å². The lowest BCUT2D eigenvalue weighted by Gasteiger charge is -2.34. The van der Waals surface area contributed by atoms with Crippen molar-refractivity contribution in [2.24, 2.45) is 11.8 Å². The molecule has 5 aliphatic rings. The zero-order valence-electron chi connectivity index (χ0n) is 38.1. The van der Waals surface area contributed by atoms with Crippen molar-refractivity contribution in [2.45, 2.75) is 57.2 Å². The Hall–Kier alpha value is -7.42. The van der Waals surface area contributed by atoms with E-state index in [9.17, 15) is 42.0 Å². The lowest BCUT2D eigenvalue weighted by Crippen LogP contribution is -2.54. The van der Waals surface area contributed by atoms with Crippen LogP contribution < -0.4 is 30.1 Å². The predicted octanol–water partition coefficient (Wildman–Crippen LogP) is 4.23. The molecule has 368 valence electrons. The van der Waals surface area contributed by atoms with Gasteiger partial charge in [0.15, 0.2) is 11.6 Å². The summed E-state index contributed by atoms with van der Waals surface area (Å²) in [5.74, 6) is -2.41. The monoisotopic (exact) mass is 991 g/mol. The van der Waals surface area contributed by atoms with Gasteiger partial charge < -0.3 is 19.3 Å². The number of nitrogens with one attached hydrogen (secondary N) is 2. The molecule has 1 unspecified atom stereocenters. The Morgan fingerprint density at radius 2 is 1.51 bits per heavy atom. The summed E-state index contributed by atoms with van der Waals surface area (Å²) in [6, 6.07) is 12.2. The van der Waals surface area contributed by atoms with Gasteiger partial charge in [-0.25, -0.2) is 23.7 Å². The number of rotatable bonds is 13. The summed E-state index contributed by atoms with van der Waals surface area (Å²) in [7, 11) is -4.26. The van der Waals surface area contributed by atoms with Crippen LogP contribution in [0, 0.1) is 29.0 Å². The van der Waals surface area contributed by atoms with Crippen LogP contribution in [0.5, 0.6) is 11.5 Å². The largest absolute Gasteiger partial charge is 0.453 e. The highest BCUT2D eigenvalue weighted by Crippen LogP contribution is 2.36. The van der Waals surface area contributed by atoms with Crippen LogP contribution >= 0.6 is 0 Å². The predicted molar refractivity (Wildman–Crippen MR) is 252 cm³/mol. The van der Waals surface area contributed by atoms with E-state index in [0.717, 1.165) is 65.8 Å². The minimum atomic E-state index is -4.26. The molecule has 4 saturated heterocycles. The fraction of sp³-hybridized carbons (Fsp3) is 0.396. The van der Waals surface area contributed by atoms with Gasteiger partial charge in [-0.05, 0) is 98.9 Å². The number of piperidine rings is 3. The van der Waals surface area contributed by atoms with Gasteiger partial charge in [0, 0.05) is 64.6 Å². The molecule has 3 aromatic carbocycles. The van der Waals surface area contributed by atoms with Crippen molar-refractivity contribution in [3.63, 3.8) is 0 Å². The van der Waals surface area contributed by atoms with E-state index in [0.29, 0.717) is 55.3 Å². The molecule has 0 spiro atoms. The van der Waals surface area contributed by atoms with Crippen molar-refractivity contribution in [1.82, 2.24) is 34.0 Å². The maximum absolute atomic E-state index is 15.2. The molecule has 0 radical (unpaired) electrons. The highest BCUT2D eigenvalue weighted by molar-refractivity contribution is 7.90. The number of amides is 4. The van der Waals surface area contributed by atoms with Gasteiger partial charge in [0.05, 0.1) is 45.8 Å². The quantitative estimate of drug-likeness (QED) is 0.157. The zero-order valence-corrected chi connectivity index (χ0v) is 38.9. The fourth-order valence-corrected chi connectivity index (χ4v) is 11.0. The maximum Gasteiger partial charge on any atom is 0.301 e. The van der Waals surface area contributed by atoms with Gasteiger partial charge in [0.2, 0.25) is 17.8 Å². The third kappa shape index (κ3) is 9.49. The summed E-state index contributed by atoms with van der Waals surface area (Å²) >= 11 is 0. The number of anilines is 3. The third-order valence-corrected chi connectivity index (χ3v) is 15.2. The van der Waals surface area contributed by atoms with E-state index in [1.807, 2.05) is 6.07 Å². The molecule has 2 N–H and O–H groups in total.